The summed E-state index contributed by atoms with van der Waals surface area (Å²) in [5, 5.41) is 8.96. The predicted octanol–water partition coefficient (Wildman–Crippen LogP) is 2.81. The molecule has 0 aromatic heterocycles. The van der Waals surface area contributed by atoms with Crippen LogP contribution in [0.15, 0.2) is 24.3 Å². The molecule has 0 N–H and O–H groups in total. The van der Waals surface area contributed by atoms with Gasteiger partial charge in [0, 0.05) is 26.2 Å². The van der Waals surface area contributed by atoms with Crippen molar-refractivity contribution in [1.29, 1.82) is 5.26 Å². The molecule has 1 fully saturated rings. The second-order valence-electron chi connectivity index (χ2n) is 5.35. The Balaban J connectivity index is 2.03. The van der Waals surface area contributed by atoms with Gasteiger partial charge in [-0.1, -0.05) is 12.1 Å². The number of nitrogens with zero attached hydrogens (tertiary/aromatic N) is 2. The van der Waals surface area contributed by atoms with Crippen LogP contribution < -0.4 is 0 Å². The molecule has 0 radical (unpaired) electrons. The first-order chi connectivity index (χ1) is 9.24. The fourth-order valence-electron chi connectivity index (χ4n) is 2.49. The number of rotatable bonds is 7. The lowest BCUT2D eigenvalue weighted by molar-refractivity contribution is 0.111. The van der Waals surface area contributed by atoms with Gasteiger partial charge in [0.15, 0.2) is 0 Å². The van der Waals surface area contributed by atoms with Gasteiger partial charge in [-0.15, -0.1) is 0 Å². The van der Waals surface area contributed by atoms with E-state index in [0.29, 0.717) is 6.04 Å². The molecule has 0 amide bonds. The molecule has 102 valence electrons. The van der Waals surface area contributed by atoms with E-state index in [1.165, 1.54) is 18.4 Å². The molecule has 3 nitrogen and oxygen atoms in total. The van der Waals surface area contributed by atoms with Crippen LogP contribution in [0.1, 0.15) is 30.9 Å². The smallest absolute Gasteiger partial charge is 0.0991 e. The van der Waals surface area contributed by atoms with Crippen LogP contribution in [0.3, 0.4) is 0 Å². The summed E-state index contributed by atoms with van der Waals surface area (Å²) < 4.78 is 5.21. The van der Waals surface area contributed by atoms with Gasteiger partial charge < -0.3 is 4.74 Å². The highest BCUT2D eigenvalue weighted by Crippen LogP contribution is 2.35. The van der Waals surface area contributed by atoms with E-state index in [1.807, 2.05) is 18.2 Å². The molecule has 1 atom stereocenters. The Morgan fingerprint density at radius 1 is 1.47 bits per heavy atom. The summed E-state index contributed by atoms with van der Waals surface area (Å²) in [6, 6.07) is 10.7. The van der Waals surface area contributed by atoms with Crippen molar-refractivity contribution in [2.24, 2.45) is 5.92 Å². The average molecular weight is 258 g/mol. The summed E-state index contributed by atoms with van der Waals surface area (Å²) in [7, 11) is 1.75. The molecule has 1 saturated carbocycles. The maximum absolute atomic E-state index is 8.96. The predicted molar refractivity (Wildman–Crippen MR) is 75.6 cm³/mol. The number of ether oxygens (including phenoxy) is 1. The highest BCUT2D eigenvalue weighted by Gasteiger charge is 2.31. The van der Waals surface area contributed by atoms with Crippen molar-refractivity contribution in [3.63, 3.8) is 0 Å². The topological polar surface area (TPSA) is 36.3 Å². The summed E-state index contributed by atoms with van der Waals surface area (Å²) >= 11 is 0. The number of benzene rings is 1. The Morgan fingerprint density at radius 2 is 2.26 bits per heavy atom. The summed E-state index contributed by atoms with van der Waals surface area (Å²) in [5.41, 5.74) is 1.95. The maximum Gasteiger partial charge on any atom is 0.0991 e. The van der Waals surface area contributed by atoms with E-state index in [2.05, 4.69) is 24.0 Å². The van der Waals surface area contributed by atoms with E-state index in [-0.39, 0.29) is 0 Å². The molecule has 1 aliphatic rings. The fraction of sp³-hybridized carbons (Fsp3) is 0.562. The molecule has 1 aromatic carbocycles. The van der Waals surface area contributed by atoms with E-state index in [9.17, 15) is 0 Å². The first-order valence-electron chi connectivity index (χ1n) is 6.96. The Hall–Kier alpha value is -1.37. The Labute approximate surface area is 115 Å². The molecule has 1 aliphatic carbocycles. The van der Waals surface area contributed by atoms with E-state index < -0.39 is 0 Å². The lowest BCUT2D eigenvalue weighted by Gasteiger charge is -2.29. The standard InChI is InChI=1S/C16H22N2O/c1-13(16-6-7-16)18(8-9-19-2)12-15-5-3-4-14(10-15)11-17/h3-5,10,13,16H,6-9,12H2,1-2H3. The molecular weight excluding hydrogens is 236 g/mol. The van der Waals surface area contributed by atoms with Gasteiger partial charge in [-0.3, -0.25) is 4.90 Å². The quantitative estimate of drug-likeness (QED) is 0.754. The fourth-order valence-corrected chi connectivity index (χ4v) is 2.49. The summed E-state index contributed by atoms with van der Waals surface area (Å²) in [5.74, 6) is 0.844. The molecule has 3 heteroatoms. The molecule has 0 saturated heterocycles. The molecular formula is C16H22N2O. The second-order valence-corrected chi connectivity index (χ2v) is 5.35. The number of nitriles is 1. The number of hydrogen-bond donors (Lipinski definition) is 0. The lowest BCUT2D eigenvalue weighted by atomic mass is 10.1. The van der Waals surface area contributed by atoms with Gasteiger partial charge in [0.2, 0.25) is 0 Å². The minimum atomic E-state index is 0.598. The molecule has 0 bridgehead atoms. The van der Waals surface area contributed by atoms with Crippen LogP contribution in [0.2, 0.25) is 0 Å². The molecule has 19 heavy (non-hydrogen) atoms. The Morgan fingerprint density at radius 3 is 2.89 bits per heavy atom. The third kappa shape index (κ3) is 4.05. The van der Waals surface area contributed by atoms with Gasteiger partial charge >= 0.3 is 0 Å². The first kappa shape index (κ1) is 14.0. The van der Waals surface area contributed by atoms with Crippen molar-refractivity contribution in [2.75, 3.05) is 20.3 Å². The van der Waals surface area contributed by atoms with E-state index in [0.717, 1.165) is 31.2 Å². The van der Waals surface area contributed by atoms with E-state index >= 15 is 0 Å². The van der Waals surface area contributed by atoms with Crippen molar-refractivity contribution in [3.05, 3.63) is 35.4 Å². The van der Waals surface area contributed by atoms with Crippen molar-refractivity contribution >= 4 is 0 Å². The minimum absolute atomic E-state index is 0.598. The van der Waals surface area contributed by atoms with Crippen molar-refractivity contribution in [1.82, 2.24) is 4.90 Å². The molecule has 0 spiro atoms. The SMILES string of the molecule is COCCN(Cc1cccc(C#N)c1)C(C)C1CC1. The molecule has 0 aliphatic heterocycles. The van der Waals surface area contributed by atoms with Gasteiger partial charge in [0.25, 0.3) is 0 Å². The van der Waals surface area contributed by atoms with Gasteiger partial charge in [-0.05, 0) is 43.4 Å². The van der Waals surface area contributed by atoms with Crippen LogP contribution in [0.25, 0.3) is 0 Å². The normalized spacial score (nSPS) is 16.3. The molecule has 1 aromatic rings. The van der Waals surface area contributed by atoms with Gasteiger partial charge in [0.1, 0.15) is 0 Å². The van der Waals surface area contributed by atoms with Gasteiger partial charge in [0.05, 0.1) is 18.2 Å². The zero-order valence-corrected chi connectivity index (χ0v) is 11.8. The highest BCUT2D eigenvalue weighted by molar-refractivity contribution is 5.32. The van der Waals surface area contributed by atoms with E-state index in [4.69, 9.17) is 10.00 Å². The van der Waals surface area contributed by atoms with Crippen molar-refractivity contribution in [3.8, 4) is 6.07 Å². The van der Waals surface area contributed by atoms with Crippen LogP contribution in [-0.4, -0.2) is 31.2 Å². The van der Waals surface area contributed by atoms with E-state index in [1.54, 1.807) is 7.11 Å². The van der Waals surface area contributed by atoms with Crippen LogP contribution in [0.5, 0.6) is 0 Å². The van der Waals surface area contributed by atoms with Crippen LogP contribution >= 0.6 is 0 Å². The monoisotopic (exact) mass is 258 g/mol. The van der Waals surface area contributed by atoms with Crippen LogP contribution in [0.4, 0.5) is 0 Å². The molecule has 1 unspecified atom stereocenters. The zero-order valence-electron chi connectivity index (χ0n) is 11.8. The largest absolute Gasteiger partial charge is 0.383 e. The lowest BCUT2D eigenvalue weighted by Crippen LogP contribution is -2.36. The Bertz CT molecular complexity index is 448. The first-order valence-corrected chi connectivity index (χ1v) is 6.96. The highest BCUT2D eigenvalue weighted by atomic mass is 16.5. The van der Waals surface area contributed by atoms with Crippen LogP contribution in [-0.2, 0) is 11.3 Å². The van der Waals surface area contributed by atoms with Crippen molar-refractivity contribution < 1.29 is 4.74 Å². The summed E-state index contributed by atoms with van der Waals surface area (Å²) in [6.07, 6.45) is 2.70. The third-order valence-electron chi connectivity index (χ3n) is 3.90. The molecule has 0 heterocycles. The number of hydrogen-bond acceptors (Lipinski definition) is 3. The van der Waals surface area contributed by atoms with Gasteiger partial charge in [-0.2, -0.15) is 5.26 Å². The summed E-state index contributed by atoms with van der Waals surface area (Å²) in [4.78, 5) is 2.47. The number of methoxy groups -OCH3 is 1. The average Bonchev–Trinajstić information content (AvgIpc) is 3.27. The Kier molecular flexibility index (Phi) is 4.95. The maximum atomic E-state index is 8.96. The van der Waals surface area contributed by atoms with Crippen LogP contribution in [0, 0.1) is 17.2 Å². The van der Waals surface area contributed by atoms with Gasteiger partial charge in [-0.25, -0.2) is 0 Å². The zero-order chi connectivity index (χ0) is 13.7. The summed E-state index contributed by atoms with van der Waals surface area (Å²) in [6.45, 7) is 4.91. The second kappa shape index (κ2) is 6.70. The molecule has 2 rings (SSSR count). The minimum Gasteiger partial charge on any atom is -0.383 e. The third-order valence-corrected chi connectivity index (χ3v) is 3.90. The van der Waals surface area contributed by atoms with Crippen molar-refractivity contribution in [2.45, 2.75) is 32.4 Å².